The number of aryl methyl sites for hydroxylation is 1. The minimum atomic E-state index is -0.368. The predicted octanol–water partition coefficient (Wildman–Crippen LogP) is 3.07. The molecule has 2 heterocycles. The molecule has 0 saturated heterocycles. The van der Waals surface area contributed by atoms with Crippen LogP contribution in [-0.4, -0.2) is 28.2 Å². The fourth-order valence-corrected chi connectivity index (χ4v) is 4.46. The number of nitrogens with one attached hydrogen (secondary N) is 1. The van der Waals surface area contributed by atoms with Crippen molar-refractivity contribution >= 4 is 28.8 Å². The molecule has 1 aliphatic carbocycles. The summed E-state index contributed by atoms with van der Waals surface area (Å²) in [6.45, 7) is 5.93. The molecule has 6 heteroatoms. The number of fused-ring (bicyclic) bond motifs is 1. The number of carbonyl (C=O) groups excluding carboxylic acids is 2. The Kier molecular flexibility index (Phi) is 3.72. The summed E-state index contributed by atoms with van der Waals surface area (Å²) in [6.07, 6.45) is 2.85. The zero-order valence-electron chi connectivity index (χ0n) is 14.0. The van der Waals surface area contributed by atoms with E-state index in [1.807, 2.05) is 30.5 Å². The molecule has 2 aliphatic rings. The molecule has 0 bridgehead atoms. The molecule has 2 aromatic rings. The first-order valence-electron chi connectivity index (χ1n) is 8.34. The molecular weight excluding hydrogens is 334 g/mol. The van der Waals surface area contributed by atoms with Crippen molar-refractivity contribution in [1.29, 1.82) is 0 Å². The summed E-state index contributed by atoms with van der Waals surface area (Å²) in [4.78, 5) is 31.2. The molecule has 1 aromatic heterocycles. The summed E-state index contributed by atoms with van der Waals surface area (Å²) in [7, 11) is 0. The topological polar surface area (TPSA) is 62.3 Å². The van der Waals surface area contributed by atoms with Crippen LogP contribution >= 0.6 is 11.3 Å². The number of aromatic nitrogens is 1. The van der Waals surface area contributed by atoms with Gasteiger partial charge in [-0.2, -0.15) is 0 Å². The highest BCUT2D eigenvalue weighted by molar-refractivity contribution is 7.09. The molecule has 1 aliphatic heterocycles. The highest BCUT2D eigenvalue weighted by Gasteiger charge is 2.43. The lowest BCUT2D eigenvalue weighted by Gasteiger charge is -2.41. The van der Waals surface area contributed by atoms with E-state index in [1.54, 1.807) is 17.4 Å². The monoisotopic (exact) mass is 353 g/mol. The molecule has 0 unspecified atom stereocenters. The Bertz CT molecular complexity index is 847. The fourth-order valence-electron chi connectivity index (χ4n) is 3.45. The third kappa shape index (κ3) is 2.57. The molecule has 1 N–H and O–H groups in total. The molecule has 2 amide bonds. The second kappa shape index (κ2) is 5.81. The predicted molar refractivity (Wildman–Crippen MR) is 97.0 cm³/mol. The van der Waals surface area contributed by atoms with Gasteiger partial charge in [-0.25, -0.2) is 4.98 Å². The highest BCUT2D eigenvalue weighted by Crippen LogP contribution is 2.42. The third-order valence-electron chi connectivity index (χ3n) is 4.96. The third-order valence-corrected chi connectivity index (χ3v) is 6.12. The Balaban J connectivity index is 1.50. The van der Waals surface area contributed by atoms with Gasteiger partial charge in [0, 0.05) is 27.9 Å². The molecular formula is C19H19N3O2S. The van der Waals surface area contributed by atoms with E-state index >= 15 is 0 Å². The summed E-state index contributed by atoms with van der Waals surface area (Å²) >= 11 is 1.58. The molecule has 25 heavy (non-hydrogen) atoms. The number of rotatable bonds is 4. The Morgan fingerprint density at radius 3 is 2.64 bits per heavy atom. The van der Waals surface area contributed by atoms with Crippen molar-refractivity contribution in [3.63, 3.8) is 0 Å². The van der Waals surface area contributed by atoms with Crippen molar-refractivity contribution in [2.24, 2.45) is 0 Å². The van der Waals surface area contributed by atoms with Crippen LogP contribution in [0.2, 0.25) is 0 Å². The molecule has 5 nitrogen and oxygen atoms in total. The van der Waals surface area contributed by atoms with Crippen LogP contribution in [0.15, 0.2) is 36.2 Å². The standard InChI is InChI=1S/C19H19N3O2S/c1-12-11-25-18(20-12)19(8-5-9-19)21-16(23)10-22-13(2)14-6-3-4-7-15(14)17(22)24/h3-4,6-7,11H,2,5,8-10H2,1H3,(H,21,23). The number of benzene rings is 1. The van der Waals surface area contributed by atoms with Crippen molar-refractivity contribution in [1.82, 2.24) is 15.2 Å². The number of nitrogens with zero attached hydrogens (tertiary/aromatic N) is 2. The van der Waals surface area contributed by atoms with E-state index in [0.29, 0.717) is 11.3 Å². The van der Waals surface area contributed by atoms with Gasteiger partial charge in [-0.1, -0.05) is 24.8 Å². The van der Waals surface area contributed by atoms with Gasteiger partial charge in [0.25, 0.3) is 5.91 Å². The van der Waals surface area contributed by atoms with E-state index in [0.717, 1.165) is 35.5 Å². The summed E-state index contributed by atoms with van der Waals surface area (Å²) in [6, 6.07) is 7.32. The lowest BCUT2D eigenvalue weighted by Crippen LogP contribution is -2.53. The van der Waals surface area contributed by atoms with E-state index in [4.69, 9.17) is 0 Å². The van der Waals surface area contributed by atoms with Gasteiger partial charge in [-0.15, -0.1) is 11.3 Å². The van der Waals surface area contributed by atoms with Crippen LogP contribution < -0.4 is 5.32 Å². The normalized spacial score (nSPS) is 18.0. The van der Waals surface area contributed by atoms with Gasteiger partial charge in [-0.05, 0) is 32.3 Å². The molecule has 0 spiro atoms. The van der Waals surface area contributed by atoms with Gasteiger partial charge >= 0.3 is 0 Å². The SMILES string of the molecule is C=C1c2ccccc2C(=O)N1CC(=O)NC1(c2nc(C)cs2)CCC1. The van der Waals surface area contributed by atoms with Crippen molar-refractivity contribution in [3.05, 3.63) is 58.1 Å². The first-order valence-corrected chi connectivity index (χ1v) is 9.22. The van der Waals surface area contributed by atoms with Gasteiger partial charge in [0.15, 0.2) is 0 Å². The lowest BCUT2D eigenvalue weighted by atomic mass is 9.77. The molecule has 128 valence electrons. The summed E-state index contributed by atoms with van der Waals surface area (Å²) in [5.41, 5.74) is 2.60. The fraction of sp³-hybridized carbons (Fsp3) is 0.316. The Morgan fingerprint density at radius 1 is 1.36 bits per heavy atom. The van der Waals surface area contributed by atoms with Gasteiger partial charge in [0.05, 0.1) is 5.54 Å². The van der Waals surface area contributed by atoms with Gasteiger partial charge < -0.3 is 5.32 Å². The smallest absolute Gasteiger partial charge is 0.259 e. The zero-order chi connectivity index (χ0) is 17.6. The lowest BCUT2D eigenvalue weighted by molar-refractivity contribution is -0.124. The van der Waals surface area contributed by atoms with Crippen LogP contribution in [-0.2, 0) is 10.3 Å². The maximum Gasteiger partial charge on any atom is 0.259 e. The first-order chi connectivity index (χ1) is 12.0. The number of hydrogen-bond acceptors (Lipinski definition) is 4. The molecule has 0 radical (unpaired) electrons. The largest absolute Gasteiger partial charge is 0.343 e. The van der Waals surface area contributed by atoms with Crippen LogP contribution in [0.4, 0.5) is 0 Å². The van der Waals surface area contributed by atoms with E-state index in [9.17, 15) is 9.59 Å². The van der Waals surface area contributed by atoms with E-state index in [2.05, 4.69) is 16.9 Å². The molecule has 4 rings (SSSR count). The van der Waals surface area contributed by atoms with E-state index < -0.39 is 0 Å². The molecule has 1 aromatic carbocycles. The Hall–Kier alpha value is -2.47. The molecule has 1 saturated carbocycles. The second-order valence-electron chi connectivity index (χ2n) is 6.66. The Labute approximate surface area is 150 Å². The van der Waals surface area contributed by atoms with Crippen LogP contribution in [0.5, 0.6) is 0 Å². The minimum absolute atomic E-state index is 0.0154. The summed E-state index contributed by atoms with van der Waals surface area (Å²) in [5.74, 6) is -0.335. The maximum absolute atomic E-state index is 12.7. The number of thiazole rings is 1. The summed E-state index contributed by atoms with van der Waals surface area (Å²) in [5, 5.41) is 6.09. The Morgan fingerprint density at radius 2 is 2.08 bits per heavy atom. The van der Waals surface area contributed by atoms with Crippen LogP contribution in [0.25, 0.3) is 5.70 Å². The highest BCUT2D eigenvalue weighted by atomic mass is 32.1. The average Bonchev–Trinajstić information content (AvgIpc) is 3.09. The number of hydrogen-bond donors (Lipinski definition) is 1. The van der Waals surface area contributed by atoms with Crippen molar-refractivity contribution in [3.8, 4) is 0 Å². The van der Waals surface area contributed by atoms with Gasteiger partial charge in [0.1, 0.15) is 11.6 Å². The average molecular weight is 353 g/mol. The van der Waals surface area contributed by atoms with Crippen LogP contribution in [0, 0.1) is 6.92 Å². The van der Waals surface area contributed by atoms with Crippen LogP contribution in [0.3, 0.4) is 0 Å². The van der Waals surface area contributed by atoms with E-state index in [-0.39, 0.29) is 23.9 Å². The number of amides is 2. The van der Waals surface area contributed by atoms with Crippen molar-refractivity contribution < 1.29 is 9.59 Å². The molecule has 0 atom stereocenters. The second-order valence-corrected chi connectivity index (χ2v) is 7.52. The maximum atomic E-state index is 12.7. The van der Waals surface area contributed by atoms with Gasteiger partial charge in [0.2, 0.25) is 5.91 Å². The van der Waals surface area contributed by atoms with Gasteiger partial charge in [-0.3, -0.25) is 14.5 Å². The number of carbonyl (C=O) groups is 2. The zero-order valence-corrected chi connectivity index (χ0v) is 14.9. The first kappa shape index (κ1) is 16.0. The van der Waals surface area contributed by atoms with Crippen LogP contribution in [0.1, 0.15) is 45.9 Å². The van der Waals surface area contributed by atoms with Crippen molar-refractivity contribution in [2.75, 3.05) is 6.54 Å². The van der Waals surface area contributed by atoms with E-state index in [1.165, 1.54) is 4.90 Å². The summed E-state index contributed by atoms with van der Waals surface area (Å²) < 4.78 is 0. The molecule has 1 fully saturated rings. The quantitative estimate of drug-likeness (QED) is 0.919. The minimum Gasteiger partial charge on any atom is -0.343 e. The van der Waals surface area contributed by atoms with Crippen molar-refractivity contribution in [2.45, 2.75) is 31.7 Å².